The molecule has 2 aromatic heterocycles. The molecular weight excluding hydrogens is 262 g/mol. The van der Waals surface area contributed by atoms with Crippen LogP contribution in [0, 0.1) is 0 Å². The molecule has 0 fully saturated rings. The fourth-order valence-electron chi connectivity index (χ4n) is 1.62. The van der Waals surface area contributed by atoms with E-state index in [0.29, 0.717) is 0 Å². The second-order valence-electron chi connectivity index (χ2n) is 3.87. The first-order valence-electron chi connectivity index (χ1n) is 5.63. The van der Waals surface area contributed by atoms with Crippen molar-refractivity contribution in [2.45, 2.75) is 13.0 Å². The van der Waals surface area contributed by atoms with E-state index in [1.165, 1.54) is 4.88 Å². The van der Waals surface area contributed by atoms with Crippen LogP contribution in [0.5, 0.6) is 0 Å². The molecule has 0 spiro atoms. The molecule has 1 aromatic carbocycles. The van der Waals surface area contributed by atoms with E-state index < -0.39 is 0 Å². The molecule has 18 heavy (non-hydrogen) atoms. The second-order valence-corrected chi connectivity index (χ2v) is 5.86. The number of para-hydroxylation sites is 1. The number of benzene rings is 1. The number of thiazole rings is 1. The van der Waals surface area contributed by atoms with E-state index in [1.807, 2.05) is 31.2 Å². The molecule has 0 saturated heterocycles. The smallest absolute Gasteiger partial charge is 0.217 e. The van der Waals surface area contributed by atoms with Crippen molar-refractivity contribution < 1.29 is 0 Å². The van der Waals surface area contributed by atoms with Gasteiger partial charge in [0.05, 0.1) is 10.2 Å². The fraction of sp³-hybridized carbons (Fsp3) is 0.154. The Kier molecular flexibility index (Phi) is 3.17. The number of fused-ring (bicyclic) bond motifs is 1. The van der Waals surface area contributed by atoms with Gasteiger partial charge in [0.2, 0.25) is 5.13 Å². The molecule has 3 aromatic rings. The minimum absolute atomic E-state index is 0.0945. The summed E-state index contributed by atoms with van der Waals surface area (Å²) >= 11 is 3.27. The van der Waals surface area contributed by atoms with Gasteiger partial charge in [0.1, 0.15) is 6.04 Å². The second kappa shape index (κ2) is 4.96. The average Bonchev–Trinajstić information content (AvgIpc) is 3.04. The Morgan fingerprint density at radius 1 is 1.17 bits per heavy atom. The van der Waals surface area contributed by atoms with Gasteiger partial charge in [-0.3, -0.25) is 0 Å². The lowest BCUT2D eigenvalue weighted by atomic mass is 10.3. The standard InChI is InChI=1S/C13H11N3S2/c1-9(11-7-4-8-17-11)15-16-13-14-10-5-2-3-6-12(10)18-13/h2-9H,1H3. The molecular formula is C13H11N3S2. The predicted octanol–water partition coefficient (Wildman–Crippen LogP) is 5.20. The lowest BCUT2D eigenvalue weighted by Crippen LogP contribution is -1.81. The van der Waals surface area contributed by atoms with Gasteiger partial charge in [-0.1, -0.05) is 29.5 Å². The highest BCUT2D eigenvalue weighted by molar-refractivity contribution is 7.21. The Bertz CT molecular complexity index is 637. The van der Waals surface area contributed by atoms with Crippen LogP contribution in [0.4, 0.5) is 5.13 Å². The topological polar surface area (TPSA) is 37.6 Å². The summed E-state index contributed by atoms with van der Waals surface area (Å²) in [5.74, 6) is 0. The monoisotopic (exact) mass is 273 g/mol. The average molecular weight is 273 g/mol. The van der Waals surface area contributed by atoms with Crippen molar-refractivity contribution in [1.82, 2.24) is 4.98 Å². The normalized spacial score (nSPS) is 13.4. The number of rotatable bonds is 3. The van der Waals surface area contributed by atoms with Gasteiger partial charge in [-0.15, -0.1) is 16.5 Å². The van der Waals surface area contributed by atoms with E-state index in [0.717, 1.165) is 15.3 Å². The Morgan fingerprint density at radius 3 is 2.83 bits per heavy atom. The molecule has 0 aliphatic rings. The molecule has 0 saturated carbocycles. The maximum absolute atomic E-state index is 4.43. The van der Waals surface area contributed by atoms with E-state index in [2.05, 4.69) is 32.7 Å². The number of aromatic nitrogens is 1. The van der Waals surface area contributed by atoms with Gasteiger partial charge >= 0.3 is 0 Å². The molecule has 0 aliphatic carbocycles. The fourth-order valence-corrected chi connectivity index (χ4v) is 3.13. The van der Waals surface area contributed by atoms with Crippen LogP contribution in [0.2, 0.25) is 0 Å². The molecule has 1 unspecified atom stereocenters. The van der Waals surface area contributed by atoms with Crippen LogP contribution in [0.25, 0.3) is 10.2 Å². The van der Waals surface area contributed by atoms with Crippen LogP contribution in [0.3, 0.4) is 0 Å². The molecule has 5 heteroatoms. The third kappa shape index (κ3) is 2.32. The Hall–Kier alpha value is -1.59. The largest absolute Gasteiger partial charge is 0.230 e. The SMILES string of the molecule is CC(N=Nc1nc2ccccc2s1)c1cccs1. The van der Waals surface area contributed by atoms with E-state index in [9.17, 15) is 0 Å². The number of nitrogens with zero attached hydrogens (tertiary/aromatic N) is 3. The molecule has 0 bridgehead atoms. The van der Waals surface area contributed by atoms with E-state index >= 15 is 0 Å². The van der Waals surface area contributed by atoms with Crippen molar-refractivity contribution in [3.63, 3.8) is 0 Å². The molecule has 1 atom stereocenters. The van der Waals surface area contributed by atoms with Crippen molar-refractivity contribution in [3.8, 4) is 0 Å². The first kappa shape index (κ1) is 11.5. The summed E-state index contributed by atoms with van der Waals surface area (Å²) in [6.07, 6.45) is 0. The highest BCUT2D eigenvalue weighted by atomic mass is 32.1. The molecule has 90 valence electrons. The molecule has 2 heterocycles. The summed E-state index contributed by atoms with van der Waals surface area (Å²) in [5, 5.41) is 11.3. The van der Waals surface area contributed by atoms with Crippen LogP contribution in [-0.2, 0) is 0 Å². The summed E-state index contributed by atoms with van der Waals surface area (Å²) in [5.41, 5.74) is 0.986. The maximum atomic E-state index is 4.43. The maximum Gasteiger partial charge on any atom is 0.230 e. The van der Waals surface area contributed by atoms with Gasteiger partial charge in [-0.25, -0.2) is 4.98 Å². The third-order valence-electron chi connectivity index (χ3n) is 2.55. The zero-order chi connectivity index (χ0) is 12.4. The number of hydrogen-bond acceptors (Lipinski definition) is 5. The van der Waals surface area contributed by atoms with Gasteiger partial charge in [-0.05, 0) is 30.5 Å². The van der Waals surface area contributed by atoms with E-state index in [4.69, 9.17) is 0 Å². The first-order valence-corrected chi connectivity index (χ1v) is 7.32. The van der Waals surface area contributed by atoms with Crippen LogP contribution >= 0.6 is 22.7 Å². The minimum atomic E-state index is 0.0945. The molecule has 0 radical (unpaired) electrons. The van der Waals surface area contributed by atoms with Gasteiger partial charge in [0, 0.05) is 4.88 Å². The van der Waals surface area contributed by atoms with Crippen molar-refractivity contribution in [2.24, 2.45) is 10.2 Å². The van der Waals surface area contributed by atoms with Crippen LogP contribution in [0.1, 0.15) is 17.8 Å². The minimum Gasteiger partial charge on any atom is -0.217 e. The summed E-state index contributed by atoms with van der Waals surface area (Å²) in [4.78, 5) is 5.65. The molecule has 3 rings (SSSR count). The predicted molar refractivity (Wildman–Crippen MR) is 76.9 cm³/mol. The van der Waals surface area contributed by atoms with Crippen molar-refractivity contribution >= 4 is 38.0 Å². The first-order chi connectivity index (χ1) is 8.83. The van der Waals surface area contributed by atoms with Gasteiger partial charge in [0.25, 0.3) is 0 Å². The third-order valence-corrected chi connectivity index (χ3v) is 4.52. The van der Waals surface area contributed by atoms with Crippen LogP contribution in [0.15, 0.2) is 52.0 Å². The van der Waals surface area contributed by atoms with Crippen molar-refractivity contribution in [1.29, 1.82) is 0 Å². The van der Waals surface area contributed by atoms with Crippen LogP contribution < -0.4 is 0 Å². The van der Waals surface area contributed by atoms with Gasteiger partial charge in [0.15, 0.2) is 0 Å². The van der Waals surface area contributed by atoms with E-state index in [1.54, 1.807) is 22.7 Å². The van der Waals surface area contributed by atoms with Crippen molar-refractivity contribution in [3.05, 3.63) is 46.7 Å². The summed E-state index contributed by atoms with van der Waals surface area (Å²) in [6, 6.07) is 12.2. The Morgan fingerprint density at radius 2 is 2.06 bits per heavy atom. The van der Waals surface area contributed by atoms with E-state index in [-0.39, 0.29) is 6.04 Å². The molecule has 3 nitrogen and oxygen atoms in total. The summed E-state index contributed by atoms with van der Waals surface area (Å²) in [6.45, 7) is 2.04. The highest BCUT2D eigenvalue weighted by Gasteiger charge is 2.05. The summed E-state index contributed by atoms with van der Waals surface area (Å²) < 4.78 is 1.15. The number of azo groups is 1. The highest BCUT2D eigenvalue weighted by Crippen LogP contribution is 2.29. The lowest BCUT2D eigenvalue weighted by molar-refractivity contribution is 0.779. The van der Waals surface area contributed by atoms with Crippen molar-refractivity contribution in [2.75, 3.05) is 0 Å². The quantitative estimate of drug-likeness (QED) is 0.604. The zero-order valence-corrected chi connectivity index (χ0v) is 11.4. The van der Waals surface area contributed by atoms with Gasteiger partial charge < -0.3 is 0 Å². The zero-order valence-electron chi connectivity index (χ0n) is 9.78. The number of thiophene rings is 1. The molecule has 0 N–H and O–H groups in total. The lowest BCUT2D eigenvalue weighted by Gasteiger charge is -1.98. The Balaban J connectivity index is 1.83. The molecule has 0 aliphatic heterocycles. The molecule has 0 amide bonds. The Labute approximate surface area is 113 Å². The van der Waals surface area contributed by atoms with Gasteiger partial charge in [-0.2, -0.15) is 5.11 Å². The summed E-state index contributed by atoms with van der Waals surface area (Å²) in [7, 11) is 0. The van der Waals surface area contributed by atoms with Crippen LogP contribution in [-0.4, -0.2) is 4.98 Å². The number of hydrogen-bond donors (Lipinski definition) is 0.